The Morgan fingerprint density at radius 3 is 2.88 bits per heavy atom. The van der Waals surface area contributed by atoms with Crippen molar-refractivity contribution in [1.29, 1.82) is 0 Å². The Bertz CT molecular complexity index is 436. The normalized spacial score (nSPS) is 10.4. The van der Waals surface area contributed by atoms with Crippen molar-refractivity contribution in [2.75, 3.05) is 18.6 Å². The Balaban J connectivity index is 2.26. The van der Waals surface area contributed by atoms with Crippen LogP contribution in [0.25, 0.3) is 0 Å². The molecule has 0 aliphatic heterocycles. The summed E-state index contributed by atoms with van der Waals surface area (Å²) < 4.78 is 4.83. The highest BCUT2D eigenvalue weighted by Gasteiger charge is 2.06. The second kappa shape index (κ2) is 5.46. The SMILES string of the molecule is CNc1cc(Sc2ncns2)nc(SC)n1. The largest absolute Gasteiger partial charge is 0.373 e. The Hall–Kier alpha value is -0.860. The minimum absolute atomic E-state index is 0.749. The summed E-state index contributed by atoms with van der Waals surface area (Å²) in [5.74, 6) is 0.811. The molecule has 8 heteroatoms. The summed E-state index contributed by atoms with van der Waals surface area (Å²) in [7, 11) is 1.84. The quantitative estimate of drug-likeness (QED) is 0.520. The third-order valence-electron chi connectivity index (χ3n) is 1.65. The fraction of sp³-hybridized carbons (Fsp3) is 0.250. The molecule has 0 aromatic carbocycles. The zero-order chi connectivity index (χ0) is 11.4. The van der Waals surface area contributed by atoms with Gasteiger partial charge in [0.25, 0.3) is 0 Å². The van der Waals surface area contributed by atoms with Gasteiger partial charge >= 0.3 is 0 Å². The first-order valence-corrected chi connectivity index (χ1v) is 7.18. The van der Waals surface area contributed by atoms with Crippen molar-refractivity contribution >= 4 is 40.9 Å². The van der Waals surface area contributed by atoms with E-state index in [0.29, 0.717) is 0 Å². The Kier molecular flexibility index (Phi) is 3.97. The van der Waals surface area contributed by atoms with Gasteiger partial charge in [-0.05, 0) is 29.6 Å². The Morgan fingerprint density at radius 2 is 2.25 bits per heavy atom. The van der Waals surface area contributed by atoms with Crippen molar-refractivity contribution in [1.82, 2.24) is 19.3 Å². The maximum absolute atomic E-state index is 4.39. The summed E-state index contributed by atoms with van der Waals surface area (Å²) >= 11 is 4.37. The number of nitrogens with zero attached hydrogens (tertiary/aromatic N) is 4. The van der Waals surface area contributed by atoms with Crippen molar-refractivity contribution < 1.29 is 0 Å². The summed E-state index contributed by atoms with van der Waals surface area (Å²) in [6, 6.07) is 1.89. The van der Waals surface area contributed by atoms with Gasteiger partial charge in [-0.15, -0.1) is 0 Å². The molecule has 0 amide bonds. The summed E-state index contributed by atoms with van der Waals surface area (Å²) in [5.41, 5.74) is 0. The molecule has 0 saturated heterocycles. The molecular formula is C8H9N5S3. The molecule has 0 atom stereocenters. The fourth-order valence-electron chi connectivity index (χ4n) is 0.973. The first kappa shape index (κ1) is 11.6. The van der Waals surface area contributed by atoms with Crippen LogP contribution in [0.5, 0.6) is 0 Å². The van der Waals surface area contributed by atoms with Crippen LogP contribution in [-0.4, -0.2) is 32.6 Å². The summed E-state index contributed by atoms with van der Waals surface area (Å²) in [6.07, 6.45) is 3.50. The van der Waals surface area contributed by atoms with Gasteiger partial charge in [0.1, 0.15) is 17.2 Å². The minimum Gasteiger partial charge on any atom is -0.373 e. The molecule has 0 aliphatic carbocycles. The van der Waals surface area contributed by atoms with E-state index in [1.54, 1.807) is 6.33 Å². The van der Waals surface area contributed by atoms with Gasteiger partial charge in [-0.3, -0.25) is 0 Å². The van der Waals surface area contributed by atoms with Gasteiger partial charge in [0.05, 0.1) is 0 Å². The third-order valence-corrected chi connectivity index (χ3v) is 3.83. The van der Waals surface area contributed by atoms with Crippen LogP contribution < -0.4 is 5.32 Å². The zero-order valence-corrected chi connectivity index (χ0v) is 11.1. The van der Waals surface area contributed by atoms with Crippen LogP contribution in [0.1, 0.15) is 0 Å². The highest BCUT2D eigenvalue weighted by atomic mass is 32.2. The van der Waals surface area contributed by atoms with E-state index in [9.17, 15) is 0 Å². The maximum Gasteiger partial charge on any atom is 0.190 e. The second-order valence-corrected chi connectivity index (χ2v) is 5.46. The highest BCUT2D eigenvalue weighted by molar-refractivity contribution is 8.01. The number of aromatic nitrogens is 4. The molecule has 2 heterocycles. The van der Waals surface area contributed by atoms with E-state index < -0.39 is 0 Å². The lowest BCUT2D eigenvalue weighted by molar-refractivity contribution is 0.896. The molecule has 0 unspecified atom stereocenters. The molecule has 0 saturated carbocycles. The van der Waals surface area contributed by atoms with Gasteiger partial charge in [-0.1, -0.05) is 11.8 Å². The molecule has 0 bridgehead atoms. The zero-order valence-electron chi connectivity index (χ0n) is 8.67. The van der Waals surface area contributed by atoms with Gasteiger partial charge in [0.2, 0.25) is 0 Å². The first-order valence-electron chi connectivity index (χ1n) is 4.37. The van der Waals surface area contributed by atoms with Gasteiger partial charge in [0, 0.05) is 13.1 Å². The van der Waals surface area contributed by atoms with E-state index in [2.05, 4.69) is 24.6 Å². The molecule has 2 rings (SSSR count). The van der Waals surface area contributed by atoms with E-state index in [0.717, 1.165) is 20.3 Å². The molecule has 0 aliphatic rings. The van der Waals surface area contributed by atoms with E-state index in [4.69, 9.17) is 0 Å². The van der Waals surface area contributed by atoms with Crippen molar-refractivity contribution in [2.45, 2.75) is 14.5 Å². The van der Waals surface area contributed by atoms with Gasteiger partial charge in [-0.25, -0.2) is 15.0 Å². The smallest absolute Gasteiger partial charge is 0.190 e. The van der Waals surface area contributed by atoms with Crippen LogP contribution in [0.15, 0.2) is 26.9 Å². The topological polar surface area (TPSA) is 63.6 Å². The van der Waals surface area contributed by atoms with E-state index in [-0.39, 0.29) is 0 Å². The number of rotatable bonds is 4. The molecule has 2 aromatic rings. The van der Waals surface area contributed by atoms with Crippen LogP contribution in [0.3, 0.4) is 0 Å². The molecule has 84 valence electrons. The lowest BCUT2D eigenvalue weighted by atomic mass is 10.6. The molecule has 0 fully saturated rings. The van der Waals surface area contributed by atoms with E-state index in [1.165, 1.54) is 35.1 Å². The number of anilines is 1. The van der Waals surface area contributed by atoms with Gasteiger partial charge in [-0.2, -0.15) is 4.37 Å². The van der Waals surface area contributed by atoms with Crippen molar-refractivity contribution in [2.24, 2.45) is 0 Å². The average Bonchev–Trinajstić information content (AvgIpc) is 2.81. The van der Waals surface area contributed by atoms with Crippen LogP contribution >= 0.6 is 35.1 Å². The van der Waals surface area contributed by atoms with Crippen LogP contribution in [0.4, 0.5) is 5.82 Å². The van der Waals surface area contributed by atoms with Gasteiger partial charge in [0.15, 0.2) is 9.50 Å². The first-order chi connectivity index (χ1) is 7.81. The van der Waals surface area contributed by atoms with Crippen LogP contribution in [0, 0.1) is 0 Å². The lowest BCUT2D eigenvalue weighted by Gasteiger charge is -2.04. The molecule has 5 nitrogen and oxygen atoms in total. The fourth-order valence-corrected chi connectivity index (χ4v) is 2.80. The van der Waals surface area contributed by atoms with Crippen molar-refractivity contribution in [3.63, 3.8) is 0 Å². The highest BCUT2D eigenvalue weighted by Crippen LogP contribution is 2.28. The maximum atomic E-state index is 4.39. The summed E-state index contributed by atoms with van der Waals surface area (Å²) in [4.78, 5) is 12.8. The molecule has 2 aromatic heterocycles. The molecule has 1 N–H and O–H groups in total. The predicted octanol–water partition coefficient (Wildman–Crippen LogP) is 2.24. The van der Waals surface area contributed by atoms with Crippen molar-refractivity contribution in [3.8, 4) is 0 Å². The third kappa shape index (κ3) is 2.83. The van der Waals surface area contributed by atoms with E-state index in [1.807, 2.05) is 19.4 Å². The number of nitrogens with one attached hydrogen (secondary N) is 1. The summed E-state index contributed by atoms with van der Waals surface area (Å²) in [6.45, 7) is 0. The molecule has 16 heavy (non-hydrogen) atoms. The number of hydrogen-bond acceptors (Lipinski definition) is 8. The monoisotopic (exact) mass is 271 g/mol. The molecular weight excluding hydrogens is 262 g/mol. The number of thioether (sulfide) groups is 1. The predicted molar refractivity (Wildman–Crippen MR) is 67.4 cm³/mol. The average molecular weight is 271 g/mol. The molecule has 0 spiro atoms. The number of hydrogen-bond donors (Lipinski definition) is 1. The Labute approximate surface area is 106 Å². The van der Waals surface area contributed by atoms with Crippen LogP contribution in [-0.2, 0) is 0 Å². The minimum atomic E-state index is 0.749. The lowest BCUT2D eigenvalue weighted by Crippen LogP contribution is -1.96. The second-order valence-electron chi connectivity index (χ2n) is 2.64. The van der Waals surface area contributed by atoms with Crippen LogP contribution in [0.2, 0.25) is 0 Å². The standard InChI is InChI=1S/C8H9N5S3/c1-9-5-3-6(13-7(12-5)14-2)15-8-10-4-11-16-8/h3-4H,1-2H3,(H,9,12,13). The van der Waals surface area contributed by atoms with Gasteiger partial charge < -0.3 is 5.32 Å². The van der Waals surface area contributed by atoms with Crippen molar-refractivity contribution in [3.05, 3.63) is 12.4 Å². The molecule has 0 radical (unpaired) electrons. The van der Waals surface area contributed by atoms with E-state index >= 15 is 0 Å². The Morgan fingerprint density at radius 1 is 1.38 bits per heavy atom. The summed E-state index contributed by atoms with van der Waals surface area (Å²) in [5, 5.41) is 4.64.